The maximum atomic E-state index is 12.4. The van der Waals surface area contributed by atoms with Gasteiger partial charge < -0.3 is 15.5 Å². The van der Waals surface area contributed by atoms with E-state index in [-0.39, 0.29) is 11.8 Å². The Hall–Kier alpha value is -2.04. The molecule has 0 aliphatic heterocycles. The number of unbranched alkanes of at least 4 members (excludes halogenated alkanes) is 1. The Kier molecular flexibility index (Phi) is 5.41. The topological polar surface area (TPSA) is 61.4 Å². The minimum Gasteiger partial charge on any atom is -0.377 e. The van der Waals surface area contributed by atoms with E-state index in [9.17, 15) is 9.59 Å². The number of nitrogens with zero attached hydrogens (tertiary/aromatic N) is 1. The molecule has 0 atom stereocenters. The molecule has 5 heteroatoms. The van der Waals surface area contributed by atoms with E-state index in [0.717, 1.165) is 31.4 Å². The molecular formula is C17H25N3O2. The predicted molar refractivity (Wildman–Crippen MR) is 89.4 cm³/mol. The summed E-state index contributed by atoms with van der Waals surface area (Å²) in [5, 5.41) is 5.87. The highest BCUT2D eigenvalue weighted by molar-refractivity contribution is 6.02. The van der Waals surface area contributed by atoms with Crippen LogP contribution >= 0.6 is 0 Å². The number of hydrogen-bond donors (Lipinski definition) is 2. The maximum absolute atomic E-state index is 12.4. The predicted octanol–water partition coefficient (Wildman–Crippen LogP) is 2.77. The number of carbonyl (C=O) groups excluding carboxylic acids is 2. The lowest BCUT2D eigenvalue weighted by molar-refractivity contribution is -0.116. The van der Waals surface area contributed by atoms with Gasteiger partial charge in [0, 0.05) is 37.9 Å². The molecule has 0 radical (unpaired) electrons. The Morgan fingerprint density at radius 1 is 1.27 bits per heavy atom. The summed E-state index contributed by atoms with van der Waals surface area (Å²) in [7, 11) is 3.81. The quantitative estimate of drug-likeness (QED) is 0.814. The molecule has 5 nitrogen and oxygen atoms in total. The second-order valence-electron chi connectivity index (χ2n) is 6.03. The molecule has 2 amide bonds. The van der Waals surface area contributed by atoms with E-state index in [2.05, 4.69) is 17.6 Å². The first kappa shape index (κ1) is 16.3. The zero-order valence-electron chi connectivity index (χ0n) is 13.6. The van der Waals surface area contributed by atoms with Crippen molar-refractivity contribution in [2.24, 2.45) is 0 Å². The smallest absolute Gasteiger partial charge is 0.253 e. The van der Waals surface area contributed by atoms with Crippen molar-refractivity contribution in [3.63, 3.8) is 0 Å². The molecular weight excluding hydrogens is 278 g/mol. The van der Waals surface area contributed by atoms with Crippen LogP contribution in [0.5, 0.6) is 0 Å². The Labute approximate surface area is 132 Å². The maximum Gasteiger partial charge on any atom is 0.253 e. The van der Waals surface area contributed by atoms with Gasteiger partial charge in [0.05, 0.1) is 5.56 Å². The van der Waals surface area contributed by atoms with Gasteiger partial charge in [-0.25, -0.2) is 0 Å². The summed E-state index contributed by atoms with van der Waals surface area (Å²) in [6, 6.07) is 5.78. The van der Waals surface area contributed by atoms with Gasteiger partial charge in [-0.1, -0.05) is 13.3 Å². The van der Waals surface area contributed by atoms with Gasteiger partial charge in [0.15, 0.2) is 0 Å². The monoisotopic (exact) mass is 303 g/mol. The van der Waals surface area contributed by atoms with E-state index < -0.39 is 0 Å². The average molecular weight is 303 g/mol. The molecule has 22 heavy (non-hydrogen) atoms. The van der Waals surface area contributed by atoms with E-state index in [1.807, 2.05) is 31.1 Å². The lowest BCUT2D eigenvalue weighted by Crippen LogP contribution is -2.27. The Balaban J connectivity index is 2.14. The van der Waals surface area contributed by atoms with Gasteiger partial charge in [-0.3, -0.25) is 9.59 Å². The van der Waals surface area contributed by atoms with Crippen molar-refractivity contribution < 1.29 is 9.59 Å². The number of nitrogens with one attached hydrogen (secondary N) is 2. The molecule has 1 aromatic carbocycles. The normalized spacial score (nSPS) is 13.6. The molecule has 1 fully saturated rings. The van der Waals surface area contributed by atoms with E-state index >= 15 is 0 Å². The first-order valence-electron chi connectivity index (χ1n) is 7.93. The fourth-order valence-corrected chi connectivity index (χ4v) is 2.24. The molecule has 1 saturated carbocycles. The summed E-state index contributed by atoms with van der Waals surface area (Å²) in [6.45, 7) is 2.06. The van der Waals surface area contributed by atoms with Crippen LogP contribution < -0.4 is 15.5 Å². The van der Waals surface area contributed by atoms with Crippen LogP contribution in [-0.4, -0.2) is 32.0 Å². The molecule has 1 aromatic rings. The summed E-state index contributed by atoms with van der Waals surface area (Å²) in [4.78, 5) is 26.1. The molecule has 0 spiro atoms. The summed E-state index contributed by atoms with van der Waals surface area (Å²) < 4.78 is 0. The second kappa shape index (κ2) is 7.29. The summed E-state index contributed by atoms with van der Waals surface area (Å²) in [5.74, 6) is -0.0798. The third-order valence-electron chi connectivity index (χ3n) is 3.68. The Bertz CT molecular complexity index is 551. The first-order chi connectivity index (χ1) is 10.5. The van der Waals surface area contributed by atoms with Gasteiger partial charge in [0.1, 0.15) is 0 Å². The molecule has 2 rings (SSSR count). The molecule has 120 valence electrons. The lowest BCUT2D eigenvalue weighted by atomic mass is 10.1. The number of amides is 2. The van der Waals surface area contributed by atoms with Crippen molar-refractivity contribution >= 4 is 23.2 Å². The zero-order valence-corrected chi connectivity index (χ0v) is 13.6. The minimum atomic E-state index is -0.0733. The van der Waals surface area contributed by atoms with Gasteiger partial charge in [-0.2, -0.15) is 0 Å². The molecule has 1 aliphatic carbocycles. The molecule has 0 heterocycles. The third kappa shape index (κ3) is 4.48. The van der Waals surface area contributed by atoms with Crippen LogP contribution in [0.4, 0.5) is 11.4 Å². The SMILES string of the molecule is CCCCC(=O)Nc1ccc(N(C)C)c(C(=O)NC2CC2)c1. The van der Waals surface area contributed by atoms with Crippen LogP contribution in [0.25, 0.3) is 0 Å². The lowest BCUT2D eigenvalue weighted by Gasteiger charge is -2.18. The van der Waals surface area contributed by atoms with Crippen LogP contribution in [0.2, 0.25) is 0 Å². The third-order valence-corrected chi connectivity index (χ3v) is 3.68. The second-order valence-corrected chi connectivity index (χ2v) is 6.03. The molecule has 0 saturated heterocycles. The Morgan fingerprint density at radius 2 is 2.00 bits per heavy atom. The van der Waals surface area contributed by atoms with Gasteiger partial charge in [0.2, 0.25) is 5.91 Å². The van der Waals surface area contributed by atoms with Crippen molar-refractivity contribution in [1.82, 2.24) is 5.32 Å². The average Bonchev–Trinajstić information content (AvgIpc) is 3.28. The first-order valence-corrected chi connectivity index (χ1v) is 7.93. The number of benzene rings is 1. The summed E-state index contributed by atoms with van der Waals surface area (Å²) >= 11 is 0. The van der Waals surface area contributed by atoms with Crippen LogP contribution in [0, 0.1) is 0 Å². The van der Waals surface area contributed by atoms with Crippen molar-refractivity contribution in [3.8, 4) is 0 Å². The van der Waals surface area contributed by atoms with Crippen LogP contribution in [0.3, 0.4) is 0 Å². The highest BCUT2D eigenvalue weighted by Gasteiger charge is 2.25. The van der Waals surface area contributed by atoms with E-state index in [1.165, 1.54) is 0 Å². The van der Waals surface area contributed by atoms with E-state index in [4.69, 9.17) is 0 Å². The summed E-state index contributed by atoms with van der Waals surface area (Å²) in [5.41, 5.74) is 2.13. The molecule has 2 N–H and O–H groups in total. The zero-order chi connectivity index (χ0) is 16.1. The van der Waals surface area contributed by atoms with E-state index in [0.29, 0.717) is 23.7 Å². The number of anilines is 2. The van der Waals surface area contributed by atoms with Crippen LogP contribution in [-0.2, 0) is 4.79 Å². The van der Waals surface area contributed by atoms with Crippen molar-refractivity contribution in [2.75, 3.05) is 24.3 Å². The largest absolute Gasteiger partial charge is 0.377 e. The number of hydrogen-bond acceptors (Lipinski definition) is 3. The van der Waals surface area contributed by atoms with Crippen LogP contribution in [0.1, 0.15) is 49.4 Å². The van der Waals surface area contributed by atoms with Gasteiger partial charge in [-0.15, -0.1) is 0 Å². The fraction of sp³-hybridized carbons (Fsp3) is 0.529. The molecule has 1 aliphatic rings. The number of rotatable bonds is 7. The van der Waals surface area contributed by atoms with Gasteiger partial charge in [0.25, 0.3) is 5.91 Å². The fourth-order valence-electron chi connectivity index (χ4n) is 2.24. The highest BCUT2D eigenvalue weighted by Crippen LogP contribution is 2.25. The molecule has 0 bridgehead atoms. The van der Waals surface area contributed by atoms with Gasteiger partial charge >= 0.3 is 0 Å². The van der Waals surface area contributed by atoms with Crippen LogP contribution in [0.15, 0.2) is 18.2 Å². The Morgan fingerprint density at radius 3 is 2.59 bits per heavy atom. The highest BCUT2D eigenvalue weighted by atomic mass is 16.2. The standard InChI is InChI=1S/C17H25N3O2/c1-4-5-6-16(21)18-13-9-10-15(20(2)3)14(11-13)17(22)19-12-7-8-12/h9-12H,4-8H2,1-3H3,(H,18,21)(H,19,22). The molecule has 0 unspecified atom stereocenters. The van der Waals surface area contributed by atoms with Crippen molar-refractivity contribution in [1.29, 1.82) is 0 Å². The van der Waals surface area contributed by atoms with Crippen molar-refractivity contribution in [2.45, 2.75) is 45.1 Å². The van der Waals surface area contributed by atoms with E-state index in [1.54, 1.807) is 6.07 Å². The minimum absolute atomic E-state index is 0.00648. The number of carbonyl (C=O) groups is 2. The molecule has 0 aromatic heterocycles. The summed E-state index contributed by atoms with van der Waals surface area (Å²) in [6.07, 6.45) is 4.47. The van der Waals surface area contributed by atoms with Crippen molar-refractivity contribution in [3.05, 3.63) is 23.8 Å². The van der Waals surface area contributed by atoms with Gasteiger partial charge in [-0.05, 0) is 37.5 Å².